The van der Waals surface area contributed by atoms with E-state index < -0.39 is 11.6 Å². The Labute approximate surface area is 111 Å². The number of halogens is 2. The molecule has 0 radical (unpaired) electrons. The van der Waals surface area contributed by atoms with Crippen molar-refractivity contribution in [2.75, 3.05) is 32.6 Å². The Balaban J connectivity index is 2.53. The van der Waals surface area contributed by atoms with Crippen LogP contribution >= 0.6 is 12.2 Å². The lowest BCUT2D eigenvalue weighted by molar-refractivity contribution is 0.189. The van der Waals surface area contributed by atoms with E-state index >= 15 is 0 Å². The molecular formula is C12H16F2N2OS. The van der Waals surface area contributed by atoms with Crippen LogP contribution in [0, 0.1) is 11.6 Å². The van der Waals surface area contributed by atoms with Gasteiger partial charge in [0.25, 0.3) is 0 Å². The molecule has 0 spiro atoms. The van der Waals surface area contributed by atoms with Gasteiger partial charge in [0.05, 0.1) is 5.69 Å². The predicted octanol–water partition coefficient (Wildman–Crippen LogP) is 2.63. The number of benzene rings is 1. The van der Waals surface area contributed by atoms with Gasteiger partial charge in [0, 0.05) is 33.4 Å². The quantitative estimate of drug-likeness (QED) is 0.659. The van der Waals surface area contributed by atoms with Crippen molar-refractivity contribution in [3.05, 3.63) is 29.8 Å². The number of rotatable bonds is 5. The monoisotopic (exact) mass is 274 g/mol. The molecule has 0 aliphatic heterocycles. The summed E-state index contributed by atoms with van der Waals surface area (Å²) in [4.78, 5) is 1.77. The summed E-state index contributed by atoms with van der Waals surface area (Å²) in [6.07, 6.45) is 0.820. The molecule has 0 saturated carbocycles. The van der Waals surface area contributed by atoms with Crippen LogP contribution in [0.1, 0.15) is 6.42 Å². The molecule has 0 heterocycles. The zero-order valence-electron chi connectivity index (χ0n) is 10.4. The lowest BCUT2D eigenvalue weighted by atomic mass is 10.3. The Bertz CT molecular complexity index is 415. The maximum absolute atomic E-state index is 13.4. The second-order valence-electron chi connectivity index (χ2n) is 3.82. The summed E-state index contributed by atoms with van der Waals surface area (Å²) in [5.41, 5.74) is 0.167. The van der Waals surface area contributed by atoms with E-state index in [2.05, 4.69) is 5.32 Å². The number of methoxy groups -OCH3 is 1. The Morgan fingerprint density at radius 1 is 1.44 bits per heavy atom. The van der Waals surface area contributed by atoms with Crippen molar-refractivity contribution in [1.29, 1.82) is 0 Å². The smallest absolute Gasteiger partial charge is 0.173 e. The lowest BCUT2D eigenvalue weighted by Gasteiger charge is -2.21. The molecule has 3 nitrogen and oxygen atoms in total. The highest BCUT2D eigenvalue weighted by molar-refractivity contribution is 7.80. The third-order valence-corrected chi connectivity index (χ3v) is 2.78. The Hall–Kier alpha value is -1.27. The van der Waals surface area contributed by atoms with Crippen LogP contribution in [0.25, 0.3) is 0 Å². The lowest BCUT2D eigenvalue weighted by Crippen LogP contribution is -2.32. The van der Waals surface area contributed by atoms with Crippen LogP contribution in [-0.4, -0.2) is 37.3 Å². The summed E-state index contributed by atoms with van der Waals surface area (Å²) in [6, 6.07) is 3.31. The maximum atomic E-state index is 13.4. The minimum atomic E-state index is -0.664. The molecule has 0 saturated heterocycles. The number of hydrogen-bond acceptors (Lipinski definition) is 2. The fourth-order valence-electron chi connectivity index (χ4n) is 1.35. The van der Waals surface area contributed by atoms with Crippen molar-refractivity contribution in [2.24, 2.45) is 0 Å². The summed E-state index contributed by atoms with van der Waals surface area (Å²) < 4.78 is 31.0. The first kappa shape index (κ1) is 14.8. The van der Waals surface area contributed by atoms with Gasteiger partial charge in [-0.3, -0.25) is 0 Å². The van der Waals surface area contributed by atoms with Crippen molar-refractivity contribution in [1.82, 2.24) is 4.90 Å². The van der Waals surface area contributed by atoms with Gasteiger partial charge in [-0.05, 0) is 30.8 Å². The summed E-state index contributed by atoms with van der Waals surface area (Å²) in [5.74, 6) is -1.28. The van der Waals surface area contributed by atoms with Gasteiger partial charge in [-0.15, -0.1) is 0 Å². The highest BCUT2D eigenvalue weighted by Crippen LogP contribution is 2.15. The summed E-state index contributed by atoms with van der Waals surface area (Å²) in [6.45, 7) is 1.33. The summed E-state index contributed by atoms with van der Waals surface area (Å²) >= 11 is 5.11. The van der Waals surface area contributed by atoms with Gasteiger partial charge in [-0.2, -0.15) is 0 Å². The van der Waals surface area contributed by atoms with Gasteiger partial charge in [0.15, 0.2) is 5.11 Å². The first-order chi connectivity index (χ1) is 8.54. The van der Waals surface area contributed by atoms with Crippen molar-refractivity contribution >= 4 is 23.0 Å². The summed E-state index contributed by atoms with van der Waals surface area (Å²) in [7, 11) is 3.43. The van der Waals surface area contributed by atoms with Gasteiger partial charge in [-0.25, -0.2) is 8.78 Å². The minimum absolute atomic E-state index is 0.167. The van der Waals surface area contributed by atoms with Crippen molar-refractivity contribution in [2.45, 2.75) is 6.42 Å². The molecule has 1 N–H and O–H groups in total. The van der Waals surface area contributed by atoms with Crippen molar-refractivity contribution in [3.8, 4) is 0 Å². The molecule has 0 amide bonds. The highest BCUT2D eigenvalue weighted by atomic mass is 32.1. The zero-order valence-corrected chi connectivity index (χ0v) is 11.2. The van der Waals surface area contributed by atoms with Gasteiger partial charge < -0.3 is 15.0 Å². The number of nitrogens with one attached hydrogen (secondary N) is 1. The van der Waals surface area contributed by atoms with Crippen LogP contribution in [0.4, 0.5) is 14.5 Å². The molecule has 6 heteroatoms. The molecule has 18 heavy (non-hydrogen) atoms. The first-order valence-corrected chi connectivity index (χ1v) is 5.91. The average Bonchev–Trinajstić information content (AvgIpc) is 2.32. The van der Waals surface area contributed by atoms with Crippen LogP contribution < -0.4 is 5.32 Å². The topological polar surface area (TPSA) is 24.5 Å². The van der Waals surface area contributed by atoms with E-state index in [-0.39, 0.29) is 5.69 Å². The number of hydrogen-bond donors (Lipinski definition) is 1. The molecule has 0 aliphatic carbocycles. The van der Waals surface area contributed by atoms with Crippen molar-refractivity contribution in [3.63, 3.8) is 0 Å². The molecule has 0 bridgehead atoms. The second kappa shape index (κ2) is 7.23. The molecule has 0 aromatic heterocycles. The number of ether oxygens (including phenoxy) is 1. The number of anilines is 1. The predicted molar refractivity (Wildman–Crippen MR) is 71.7 cm³/mol. The van der Waals surface area contributed by atoms with Crippen molar-refractivity contribution < 1.29 is 13.5 Å². The van der Waals surface area contributed by atoms with E-state index in [0.29, 0.717) is 18.3 Å². The highest BCUT2D eigenvalue weighted by Gasteiger charge is 2.08. The molecule has 1 aromatic carbocycles. The largest absolute Gasteiger partial charge is 0.385 e. The van der Waals surface area contributed by atoms with E-state index in [9.17, 15) is 8.78 Å². The fraction of sp³-hybridized carbons (Fsp3) is 0.417. The Morgan fingerprint density at radius 3 is 2.78 bits per heavy atom. The third-order valence-electron chi connectivity index (χ3n) is 2.36. The molecule has 0 atom stereocenters. The number of thiocarbonyl (C=S) groups is 1. The van der Waals surface area contributed by atoms with E-state index in [1.165, 1.54) is 12.1 Å². The van der Waals surface area contributed by atoms with E-state index in [1.54, 1.807) is 19.1 Å². The SMILES string of the molecule is COCCCN(C)C(=S)Nc1ccc(F)cc1F. The van der Waals surface area contributed by atoms with Crippen LogP contribution in [0.15, 0.2) is 18.2 Å². The molecule has 1 aromatic rings. The zero-order chi connectivity index (χ0) is 13.5. The molecule has 100 valence electrons. The maximum Gasteiger partial charge on any atom is 0.173 e. The van der Waals surface area contributed by atoms with Crippen LogP contribution in [0.5, 0.6) is 0 Å². The van der Waals surface area contributed by atoms with E-state index in [0.717, 1.165) is 12.5 Å². The third kappa shape index (κ3) is 4.54. The van der Waals surface area contributed by atoms with Gasteiger partial charge in [0.1, 0.15) is 11.6 Å². The van der Waals surface area contributed by atoms with Gasteiger partial charge in [0.2, 0.25) is 0 Å². The molecule has 0 aliphatic rings. The Morgan fingerprint density at radius 2 is 2.17 bits per heavy atom. The molecule has 1 rings (SSSR count). The van der Waals surface area contributed by atoms with Crippen LogP contribution in [0.2, 0.25) is 0 Å². The average molecular weight is 274 g/mol. The fourth-order valence-corrected chi connectivity index (χ4v) is 1.55. The standard InChI is InChI=1S/C12H16F2N2OS/c1-16(6-3-7-17-2)12(18)15-11-5-4-9(13)8-10(11)14/h4-5,8H,3,6-7H2,1-2H3,(H,15,18). The van der Waals surface area contributed by atoms with E-state index in [1.807, 2.05) is 0 Å². The van der Waals surface area contributed by atoms with Gasteiger partial charge in [-0.1, -0.05) is 0 Å². The second-order valence-corrected chi connectivity index (χ2v) is 4.21. The first-order valence-electron chi connectivity index (χ1n) is 5.50. The Kier molecular flexibility index (Phi) is 5.94. The molecule has 0 fully saturated rings. The van der Waals surface area contributed by atoms with Crippen LogP contribution in [0.3, 0.4) is 0 Å². The summed E-state index contributed by atoms with van der Waals surface area (Å²) in [5, 5.41) is 3.12. The molecule has 0 unspecified atom stereocenters. The molecular weight excluding hydrogens is 258 g/mol. The van der Waals surface area contributed by atoms with Crippen LogP contribution in [-0.2, 0) is 4.74 Å². The minimum Gasteiger partial charge on any atom is -0.385 e. The normalized spacial score (nSPS) is 10.2. The van der Waals surface area contributed by atoms with E-state index in [4.69, 9.17) is 17.0 Å². The van der Waals surface area contributed by atoms with Gasteiger partial charge >= 0.3 is 0 Å². The number of nitrogens with zero attached hydrogens (tertiary/aromatic N) is 1.